The first-order chi connectivity index (χ1) is 9.06. The van der Waals surface area contributed by atoms with E-state index in [1.165, 1.54) is 30.3 Å². The molecule has 4 nitrogen and oxygen atoms in total. The van der Waals surface area contributed by atoms with Gasteiger partial charge in [-0.05, 0) is 35.9 Å². The number of nitro groups is 1. The fourth-order valence-corrected chi connectivity index (χ4v) is 1.76. The van der Waals surface area contributed by atoms with Gasteiger partial charge in [-0.3, -0.25) is 10.1 Å². The maximum absolute atomic E-state index is 12.7. The fourth-order valence-electron chi connectivity index (χ4n) is 1.58. The lowest BCUT2D eigenvalue weighted by atomic mass is 10.2. The van der Waals surface area contributed by atoms with Crippen LogP contribution in [0.25, 0.3) is 0 Å². The summed E-state index contributed by atoms with van der Waals surface area (Å²) in [5.74, 6) is -0.320. The van der Waals surface area contributed by atoms with Crippen LogP contribution in [-0.2, 0) is 6.54 Å². The van der Waals surface area contributed by atoms with Gasteiger partial charge >= 0.3 is 0 Å². The van der Waals surface area contributed by atoms with Gasteiger partial charge in [0.15, 0.2) is 0 Å². The second-order valence-corrected chi connectivity index (χ2v) is 4.30. The van der Waals surface area contributed by atoms with Crippen molar-refractivity contribution in [2.75, 3.05) is 5.32 Å². The lowest BCUT2D eigenvalue weighted by Gasteiger charge is -2.08. The van der Waals surface area contributed by atoms with E-state index in [1.54, 1.807) is 12.1 Å². The van der Waals surface area contributed by atoms with Crippen LogP contribution in [0.4, 0.5) is 15.8 Å². The molecule has 0 aliphatic rings. The predicted octanol–water partition coefficient (Wildman–Crippen LogP) is 4.00. The molecule has 0 aliphatic heterocycles. The number of nitro benzene ring substituents is 1. The molecule has 0 amide bonds. The number of rotatable bonds is 4. The van der Waals surface area contributed by atoms with Crippen molar-refractivity contribution < 1.29 is 9.31 Å². The van der Waals surface area contributed by atoms with Gasteiger partial charge in [0.1, 0.15) is 5.82 Å². The van der Waals surface area contributed by atoms with Crippen molar-refractivity contribution in [2.24, 2.45) is 0 Å². The van der Waals surface area contributed by atoms with E-state index in [0.29, 0.717) is 22.8 Å². The van der Waals surface area contributed by atoms with Gasteiger partial charge in [-0.2, -0.15) is 0 Å². The molecule has 0 saturated carbocycles. The summed E-state index contributed by atoms with van der Waals surface area (Å²) in [4.78, 5) is 10.2. The number of nitrogens with one attached hydrogen (secondary N) is 1. The third-order valence-corrected chi connectivity index (χ3v) is 2.94. The van der Waals surface area contributed by atoms with Gasteiger partial charge < -0.3 is 5.32 Å². The Morgan fingerprint density at radius 3 is 2.53 bits per heavy atom. The number of non-ortho nitro benzene ring substituents is 1. The van der Waals surface area contributed by atoms with Crippen molar-refractivity contribution in [1.82, 2.24) is 0 Å². The molecule has 0 bridgehead atoms. The minimum atomic E-state index is -0.474. The maximum atomic E-state index is 12.7. The Balaban J connectivity index is 2.12. The Kier molecular flexibility index (Phi) is 3.97. The van der Waals surface area contributed by atoms with E-state index >= 15 is 0 Å². The summed E-state index contributed by atoms with van der Waals surface area (Å²) >= 11 is 5.97. The van der Waals surface area contributed by atoms with Crippen LogP contribution in [-0.4, -0.2) is 4.92 Å². The van der Waals surface area contributed by atoms with Crippen molar-refractivity contribution in [1.29, 1.82) is 0 Å². The van der Waals surface area contributed by atoms with Crippen LogP contribution < -0.4 is 5.32 Å². The monoisotopic (exact) mass is 280 g/mol. The van der Waals surface area contributed by atoms with Crippen molar-refractivity contribution in [3.8, 4) is 0 Å². The topological polar surface area (TPSA) is 55.2 Å². The van der Waals surface area contributed by atoms with Gasteiger partial charge in [0.2, 0.25) is 0 Å². The van der Waals surface area contributed by atoms with Gasteiger partial charge in [0.05, 0.1) is 4.92 Å². The molecular weight excluding hydrogens is 271 g/mol. The summed E-state index contributed by atoms with van der Waals surface area (Å²) in [6, 6.07) is 10.1. The van der Waals surface area contributed by atoms with Crippen molar-refractivity contribution in [2.45, 2.75) is 6.54 Å². The maximum Gasteiger partial charge on any atom is 0.269 e. The number of nitrogens with zero attached hydrogens (tertiary/aromatic N) is 1. The van der Waals surface area contributed by atoms with E-state index in [1.807, 2.05) is 0 Å². The third-order valence-electron chi connectivity index (χ3n) is 2.57. The van der Waals surface area contributed by atoms with Crippen LogP contribution >= 0.6 is 11.6 Å². The Labute approximate surface area is 114 Å². The molecule has 0 radical (unpaired) electrons. The number of anilines is 1. The molecule has 0 aliphatic carbocycles. The standard InChI is InChI=1S/C13H10ClFN2O2/c14-13-6-5-12(17(18)19)7-9(13)8-16-11-3-1-10(15)2-4-11/h1-7,16H,8H2. The molecule has 0 spiro atoms. The Hall–Kier alpha value is -2.14. The molecule has 6 heteroatoms. The quantitative estimate of drug-likeness (QED) is 0.680. The highest BCUT2D eigenvalue weighted by atomic mass is 35.5. The van der Waals surface area contributed by atoms with Gasteiger partial charge in [-0.15, -0.1) is 0 Å². The highest BCUT2D eigenvalue weighted by Gasteiger charge is 2.09. The summed E-state index contributed by atoms with van der Waals surface area (Å²) in [6.45, 7) is 0.326. The Morgan fingerprint density at radius 1 is 1.21 bits per heavy atom. The Morgan fingerprint density at radius 2 is 1.89 bits per heavy atom. The Bertz CT molecular complexity index is 602. The largest absolute Gasteiger partial charge is 0.381 e. The zero-order valence-corrected chi connectivity index (χ0v) is 10.5. The summed E-state index contributed by atoms with van der Waals surface area (Å²) in [5, 5.41) is 14.1. The van der Waals surface area contributed by atoms with Crippen molar-refractivity contribution in [3.63, 3.8) is 0 Å². The van der Waals surface area contributed by atoms with Crippen LogP contribution in [0.15, 0.2) is 42.5 Å². The van der Waals surface area contributed by atoms with Gasteiger partial charge in [-0.25, -0.2) is 4.39 Å². The fraction of sp³-hybridized carbons (Fsp3) is 0.0769. The molecule has 0 saturated heterocycles. The smallest absolute Gasteiger partial charge is 0.269 e. The van der Waals surface area contributed by atoms with Crippen LogP contribution in [0.3, 0.4) is 0 Å². The van der Waals surface area contributed by atoms with Crippen LogP contribution in [0.2, 0.25) is 5.02 Å². The van der Waals surface area contributed by atoms with E-state index in [0.717, 1.165) is 0 Å². The minimum absolute atomic E-state index is 0.0136. The zero-order valence-electron chi connectivity index (χ0n) is 9.77. The van der Waals surface area contributed by atoms with Crippen LogP contribution in [0, 0.1) is 15.9 Å². The molecule has 98 valence electrons. The molecule has 2 aromatic rings. The number of benzene rings is 2. The van der Waals surface area contributed by atoms with E-state index in [-0.39, 0.29) is 11.5 Å². The molecule has 2 aromatic carbocycles. The van der Waals surface area contributed by atoms with Crippen molar-refractivity contribution in [3.05, 3.63) is 69.0 Å². The molecule has 2 rings (SSSR count). The first kappa shape index (κ1) is 13.3. The van der Waals surface area contributed by atoms with Gasteiger partial charge in [-0.1, -0.05) is 11.6 Å². The SMILES string of the molecule is O=[N+]([O-])c1ccc(Cl)c(CNc2ccc(F)cc2)c1. The van der Waals surface area contributed by atoms with Crippen LogP contribution in [0.1, 0.15) is 5.56 Å². The lowest BCUT2D eigenvalue weighted by Crippen LogP contribution is -2.01. The normalized spacial score (nSPS) is 10.2. The average Bonchev–Trinajstić information content (AvgIpc) is 2.39. The molecule has 0 atom stereocenters. The lowest BCUT2D eigenvalue weighted by molar-refractivity contribution is -0.384. The third kappa shape index (κ3) is 3.42. The van der Waals surface area contributed by atoms with Gasteiger partial charge in [0.25, 0.3) is 5.69 Å². The minimum Gasteiger partial charge on any atom is -0.381 e. The first-order valence-corrected chi connectivity index (χ1v) is 5.86. The summed E-state index contributed by atoms with van der Waals surface area (Å²) < 4.78 is 12.7. The number of hydrogen-bond acceptors (Lipinski definition) is 3. The molecule has 0 heterocycles. The molecule has 1 N–H and O–H groups in total. The molecule has 0 unspecified atom stereocenters. The summed E-state index contributed by atoms with van der Waals surface area (Å²) in [5.41, 5.74) is 1.31. The highest BCUT2D eigenvalue weighted by molar-refractivity contribution is 6.31. The molecular formula is C13H10ClFN2O2. The first-order valence-electron chi connectivity index (χ1n) is 5.48. The molecule has 0 fully saturated rings. The molecule has 0 aromatic heterocycles. The van der Waals surface area contributed by atoms with Gasteiger partial charge in [0, 0.05) is 29.4 Å². The van der Waals surface area contributed by atoms with E-state index in [4.69, 9.17) is 11.6 Å². The van der Waals surface area contributed by atoms with Crippen molar-refractivity contribution >= 4 is 23.0 Å². The second kappa shape index (κ2) is 5.67. The number of hydrogen-bond donors (Lipinski definition) is 1. The van der Waals surface area contributed by atoms with Crippen LogP contribution in [0.5, 0.6) is 0 Å². The zero-order chi connectivity index (χ0) is 13.8. The summed E-state index contributed by atoms with van der Waals surface area (Å²) in [7, 11) is 0. The molecule has 19 heavy (non-hydrogen) atoms. The second-order valence-electron chi connectivity index (χ2n) is 3.89. The summed E-state index contributed by atoms with van der Waals surface area (Å²) in [6.07, 6.45) is 0. The van der Waals surface area contributed by atoms with E-state index in [9.17, 15) is 14.5 Å². The number of halogens is 2. The van der Waals surface area contributed by atoms with E-state index < -0.39 is 4.92 Å². The highest BCUT2D eigenvalue weighted by Crippen LogP contribution is 2.23. The average molecular weight is 281 g/mol. The van der Waals surface area contributed by atoms with E-state index in [2.05, 4.69) is 5.32 Å². The predicted molar refractivity (Wildman–Crippen MR) is 71.8 cm³/mol.